The number of Topliss-reactive ketones (excluding diaryl/α,β-unsaturated/α-hetero) is 2. The van der Waals surface area contributed by atoms with E-state index in [0.29, 0.717) is 27.7 Å². The molecule has 3 aromatic rings. The van der Waals surface area contributed by atoms with Crippen molar-refractivity contribution in [2.45, 2.75) is 38.1 Å². The minimum absolute atomic E-state index is 0.0596. The molecule has 0 bridgehead atoms. The molecular formula is C20H20FN3O2S. The van der Waals surface area contributed by atoms with Gasteiger partial charge in [-0.2, -0.15) is 0 Å². The zero-order valence-electron chi connectivity index (χ0n) is 15.5. The summed E-state index contributed by atoms with van der Waals surface area (Å²) >= 11 is 1.30. The molecule has 2 heterocycles. The van der Waals surface area contributed by atoms with Gasteiger partial charge in [0.1, 0.15) is 5.82 Å². The van der Waals surface area contributed by atoms with Crippen molar-refractivity contribution >= 4 is 23.3 Å². The minimum Gasteiger partial charge on any atom is -0.355 e. The van der Waals surface area contributed by atoms with Crippen molar-refractivity contribution in [1.29, 1.82) is 0 Å². The summed E-state index contributed by atoms with van der Waals surface area (Å²) in [6, 6.07) is 6.11. The Bertz CT molecular complexity index is 1000. The standard InChI is InChI=1S/C20H20FN3O2S/c1-10-17(12(3)25)11(2)23-18(10)19(26)13(4)27-20-22-9-16(24-20)14-5-7-15(21)8-6-14/h5-9,13,23H,1-4H3,(H,22,24). The lowest BCUT2D eigenvalue weighted by atomic mass is 10.0. The van der Waals surface area contributed by atoms with Crippen molar-refractivity contribution in [3.05, 3.63) is 58.8 Å². The maximum Gasteiger partial charge on any atom is 0.192 e. The number of hydrogen-bond donors (Lipinski definition) is 2. The molecule has 0 saturated heterocycles. The zero-order valence-corrected chi connectivity index (χ0v) is 16.3. The van der Waals surface area contributed by atoms with Gasteiger partial charge in [-0.05, 0) is 63.1 Å². The van der Waals surface area contributed by atoms with Gasteiger partial charge in [-0.15, -0.1) is 0 Å². The molecule has 0 saturated carbocycles. The Labute approximate surface area is 160 Å². The first-order valence-corrected chi connectivity index (χ1v) is 9.37. The van der Waals surface area contributed by atoms with Crippen LogP contribution in [0.25, 0.3) is 11.3 Å². The van der Waals surface area contributed by atoms with Gasteiger partial charge >= 0.3 is 0 Å². The van der Waals surface area contributed by atoms with E-state index in [1.807, 2.05) is 0 Å². The van der Waals surface area contributed by atoms with Crippen molar-refractivity contribution in [2.24, 2.45) is 0 Å². The fourth-order valence-electron chi connectivity index (χ4n) is 3.09. The number of hydrogen-bond acceptors (Lipinski definition) is 4. The molecule has 0 aliphatic heterocycles. The van der Waals surface area contributed by atoms with Gasteiger partial charge in [0.05, 0.1) is 22.8 Å². The topological polar surface area (TPSA) is 78.6 Å². The second kappa shape index (κ2) is 7.52. The van der Waals surface area contributed by atoms with Crippen molar-refractivity contribution in [3.63, 3.8) is 0 Å². The number of rotatable bonds is 6. The molecule has 1 aromatic carbocycles. The number of nitrogens with zero attached hydrogens (tertiary/aromatic N) is 1. The third kappa shape index (κ3) is 3.88. The second-order valence-electron chi connectivity index (χ2n) is 6.41. The minimum atomic E-state index is -0.395. The average molecular weight is 385 g/mol. The molecule has 5 nitrogen and oxygen atoms in total. The molecule has 27 heavy (non-hydrogen) atoms. The number of ketones is 2. The molecule has 0 amide bonds. The molecule has 0 fully saturated rings. The van der Waals surface area contributed by atoms with Crippen LogP contribution in [-0.4, -0.2) is 31.8 Å². The van der Waals surface area contributed by atoms with Crippen LogP contribution in [0.1, 0.15) is 46.0 Å². The van der Waals surface area contributed by atoms with E-state index in [2.05, 4.69) is 15.0 Å². The molecule has 2 aromatic heterocycles. The van der Waals surface area contributed by atoms with E-state index in [9.17, 15) is 14.0 Å². The third-order valence-electron chi connectivity index (χ3n) is 4.40. The number of aromatic amines is 2. The van der Waals surface area contributed by atoms with Gasteiger partial charge in [-0.1, -0.05) is 11.8 Å². The third-order valence-corrected chi connectivity index (χ3v) is 5.40. The van der Waals surface area contributed by atoms with Crippen LogP contribution in [0.2, 0.25) is 0 Å². The van der Waals surface area contributed by atoms with Crippen molar-refractivity contribution in [2.75, 3.05) is 0 Å². The summed E-state index contributed by atoms with van der Waals surface area (Å²) in [5.74, 6) is -0.447. The van der Waals surface area contributed by atoms with E-state index in [4.69, 9.17) is 0 Å². The Morgan fingerprint density at radius 3 is 2.41 bits per heavy atom. The van der Waals surface area contributed by atoms with Crippen LogP contribution < -0.4 is 0 Å². The summed E-state index contributed by atoms with van der Waals surface area (Å²) in [7, 11) is 0. The molecule has 1 atom stereocenters. The number of thioether (sulfide) groups is 1. The highest BCUT2D eigenvalue weighted by Crippen LogP contribution is 2.28. The maximum absolute atomic E-state index is 13.1. The fraction of sp³-hybridized carbons (Fsp3) is 0.250. The van der Waals surface area contributed by atoms with E-state index in [-0.39, 0.29) is 17.4 Å². The largest absolute Gasteiger partial charge is 0.355 e. The lowest BCUT2D eigenvalue weighted by Gasteiger charge is -2.08. The van der Waals surface area contributed by atoms with Gasteiger partial charge < -0.3 is 9.97 Å². The highest BCUT2D eigenvalue weighted by Gasteiger charge is 2.25. The van der Waals surface area contributed by atoms with Gasteiger partial charge in [0.2, 0.25) is 0 Å². The number of nitrogens with one attached hydrogen (secondary N) is 2. The summed E-state index contributed by atoms with van der Waals surface area (Å²) < 4.78 is 13.1. The quantitative estimate of drug-likeness (QED) is 0.475. The number of imidazole rings is 1. The first kappa shape index (κ1) is 19.1. The van der Waals surface area contributed by atoms with E-state index in [1.165, 1.54) is 30.8 Å². The van der Waals surface area contributed by atoms with Gasteiger partial charge in [0, 0.05) is 11.3 Å². The smallest absolute Gasteiger partial charge is 0.192 e. The predicted molar refractivity (Wildman–Crippen MR) is 104 cm³/mol. The summed E-state index contributed by atoms with van der Waals surface area (Å²) in [5, 5.41) is 0.205. The Kier molecular flexibility index (Phi) is 5.32. The van der Waals surface area contributed by atoms with Crippen LogP contribution in [0.4, 0.5) is 4.39 Å². The maximum atomic E-state index is 13.1. The van der Waals surface area contributed by atoms with Crippen molar-refractivity contribution < 1.29 is 14.0 Å². The number of benzene rings is 1. The summed E-state index contributed by atoms with van der Waals surface area (Å²) in [4.78, 5) is 35.1. The van der Waals surface area contributed by atoms with Crippen LogP contribution in [0.3, 0.4) is 0 Å². The average Bonchev–Trinajstić information content (AvgIpc) is 3.19. The Balaban J connectivity index is 1.77. The summed E-state index contributed by atoms with van der Waals surface area (Å²) in [6.07, 6.45) is 1.66. The number of halogens is 1. The monoisotopic (exact) mass is 385 g/mol. The van der Waals surface area contributed by atoms with E-state index >= 15 is 0 Å². The first-order valence-electron chi connectivity index (χ1n) is 8.49. The highest BCUT2D eigenvalue weighted by atomic mass is 32.2. The number of aryl methyl sites for hydroxylation is 1. The molecule has 7 heteroatoms. The van der Waals surface area contributed by atoms with Crippen LogP contribution in [-0.2, 0) is 0 Å². The van der Waals surface area contributed by atoms with Gasteiger partial charge in [-0.25, -0.2) is 9.37 Å². The molecule has 0 aliphatic rings. The normalized spacial score (nSPS) is 12.2. The zero-order chi connectivity index (χ0) is 19.7. The van der Waals surface area contributed by atoms with Crippen LogP contribution in [0.5, 0.6) is 0 Å². The van der Waals surface area contributed by atoms with Crippen molar-refractivity contribution in [3.8, 4) is 11.3 Å². The molecule has 0 spiro atoms. The Morgan fingerprint density at radius 2 is 1.81 bits per heavy atom. The predicted octanol–water partition coefficient (Wildman–Crippen LogP) is 4.73. The van der Waals surface area contributed by atoms with Crippen LogP contribution in [0.15, 0.2) is 35.6 Å². The highest BCUT2D eigenvalue weighted by molar-refractivity contribution is 8.00. The lowest BCUT2D eigenvalue weighted by Crippen LogP contribution is -2.15. The molecule has 0 aliphatic carbocycles. The lowest BCUT2D eigenvalue weighted by molar-refractivity contribution is 0.0988. The Morgan fingerprint density at radius 1 is 1.15 bits per heavy atom. The van der Waals surface area contributed by atoms with Gasteiger partial charge in [-0.3, -0.25) is 9.59 Å². The van der Waals surface area contributed by atoms with Crippen molar-refractivity contribution in [1.82, 2.24) is 15.0 Å². The fourth-order valence-corrected chi connectivity index (χ4v) is 3.93. The van der Waals surface area contributed by atoms with Gasteiger partial charge in [0.15, 0.2) is 16.7 Å². The van der Waals surface area contributed by atoms with E-state index in [0.717, 1.165) is 11.3 Å². The summed E-state index contributed by atoms with van der Waals surface area (Å²) in [5.41, 5.74) is 4.00. The number of carbonyl (C=O) groups excluding carboxylic acids is 2. The Hall–Kier alpha value is -2.67. The number of aromatic nitrogens is 3. The molecule has 2 N–H and O–H groups in total. The van der Waals surface area contributed by atoms with E-state index in [1.54, 1.807) is 39.1 Å². The number of carbonyl (C=O) groups is 2. The molecule has 140 valence electrons. The number of H-pyrrole nitrogens is 2. The molecular weight excluding hydrogens is 365 g/mol. The molecule has 0 radical (unpaired) electrons. The SMILES string of the molecule is CC(=O)c1c(C)[nH]c(C(=O)C(C)Sc2ncc(-c3ccc(F)cc3)[nH]2)c1C. The summed E-state index contributed by atoms with van der Waals surface area (Å²) in [6.45, 7) is 6.87. The molecule has 3 rings (SSSR count). The van der Waals surface area contributed by atoms with Crippen LogP contribution in [0, 0.1) is 19.7 Å². The second-order valence-corrected chi connectivity index (χ2v) is 7.74. The first-order chi connectivity index (χ1) is 12.8. The van der Waals surface area contributed by atoms with E-state index < -0.39 is 5.25 Å². The van der Waals surface area contributed by atoms with Gasteiger partial charge in [0.25, 0.3) is 0 Å². The van der Waals surface area contributed by atoms with Crippen LogP contribution >= 0.6 is 11.8 Å². The molecule has 1 unspecified atom stereocenters.